The fourth-order valence-electron chi connectivity index (χ4n) is 3.65. The van der Waals surface area contributed by atoms with Crippen LogP contribution >= 0.6 is 0 Å². The molecule has 2 aromatic rings. The van der Waals surface area contributed by atoms with Gasteiger partial charge in [0.05, 0.1) is 12.1 Å². The largest absolute Gasteiger partial charge is 0.507 e. The molecule has 0 saturated heterocycles. The smallest absolute Gasteiger partial charge is 0.124 e. The second-order valence-electron chi connectivity index (χ2n) is 8.62. The van der Waals surface area contributed by atoms with Crippen molar-refractivity contribution in [2.75, 3.05) is 0 Å². The topological polar surface area (TPSA) is 65.2 Å². The monoisotopic (exact) mass is 392 g/mol. The zero-order valence-corrected chi connectivity index (χ0v) is 17.8. The van der Waals surface area contributed by atoms with Gasteiger partial charge in [-0.25, -0.2) is 0 Å². The van der Waals surface area contributed by atoms with E-state index in [4.69, 9.17) is 9.98 Å². The van der Waals surface area contributed by atoms with Gasteiger partial charge in [0.25, 0.3) is 0 Å². The van der Waals surface area contributed by atoms with Crippen LogP contribution in [-0.2, 0) is 0 Å². The highest BCUT2D eigenvalue weighted by Gasteiger charge is 2.23. The van der Waals surface area contributed by atoms with Crippen LogP contribution in [0.4, 0.5) is 0 Å². The number of aliphatic imine (C=N–C) groups is 2. The zero-order chi connectivity index (χ0) is 21.0. The lowest BCUT2D eigenvalue weighted by molar-refractivity contribution is 0.473. The molecule has 0 radical (unpaired) electrons. The first-order valence-corrected chi connectivity index (χ1v) is 10.6. The zero-order valence-electron chi connectivity index (χ0n) is 17.8. The van der Waals surface area contributed by atoms with Gasteiger partial charge < -0.3 is 10.2 Å². The first kappa shape index (κ1) is 21.1. The highest BCUT2D eigenvalue weighted by Crippen LogP contribution is 2.27. The van der Waals surface area contributed by atoms with Crippen LogP contribution in [-0.4, -0.2) is 34.7 Å². The van der Waals surface area contributed by atoms with Crippen molar-refractivity contribution in [2.24, 2.45) is 9.98 Å². The van der Waals surface area contributed by atoms with Crippen molar-refractivity contribution in [1.82, 2.24) is 0 Å². The van der Waals surface area contributed by atoms with Crippen molar-refractivity contribution in [3.8, 4) is 11.5 Å². The van der Waals surface area contributed by atoms with Crippen molar-refractivity contribution in [1.29, 1.82) is 0 Å². The molecule has 4 nitrogen and oxygen atoms in total. The lowest BCUT2D eigenvalue weighted by atomic mass is 10.0. The molecule has 2 aromatic carbocycles. The summed E-state index contributed by atoms with van der Waals surface area (Å²) in [5.41, 5.74) is 3.94. The van der Waals surface area contributed by atoms with Crippen LogP contribution in [0.15, 0.2) is 46.4 Å². The number of phenolic OH excluding ortho intramolecular Hbond substituents is 2. The maximum absolute atomic E-state index is 10.1. The number of hydrogen-bond acceptors (Lipinski definition) is 4. The summed E-state index contributed by atoms with van der Waals surface area (Å²) in [5.74, 6) is 1.37. The molecule has 154 valence electrons. The molecule has 1 fully saturated rings. The predicted molar refractivity (Wildman–Crippen MR) is 121 cm³/mol. The molecule has 2 unspecified atom stereocenters. The third kappa shape index (κ3) is 5.47. The number of hydrogen-bond donors (Lipinski definition) is 2. The Bertz CT molecular complexity index is 826. The van der Waals surface area contributed by atoms with Crippen LogP contribution in [0.3, 0.4) is 0 Å². The summed E-state index contributed by atoms with van der Waals surface area (Å²) in [6, 6.07) is 11.9. The molecule has 1 aliphatic carbocycles. The number of rotatable bonds is 6. The summed E-state index contributed by atoms with van der Waals surface area (Å²) in [7, 11) is 0. The Labute approximate surface area is 174 Å². The lowest BCUT2D eigenvalue weighted by Crippen LogP contribution is -2.03. The summed E-state index contributed by atoms with van der Waals surface area (Å²) in [6.45, 7) is 8.56. The molecular weight excluding hydrogens is 360 g/mol. The molecule has 0 aromatic heterocycles. The van der Waals surface area contributed by atoms with Crippen LogP contribution < -0.4 is 0 Å². The number of phenols is 2. The summed E-state index contributed by atoms with van der Waals surface area (Å²) in [6.07, 6.45) is 6.47. The predicted octanol–water partition coefficient (Wildman–Crippen LogP) is 5.80. The van der Waals surface area contributed by atoms with Gasteiger partial charge in [-0.05, 0) is 66.5 Å². The van der Waals surface area contributed by atoms with E-state index in [0.717, 1.165) is 30.4 Å². The molecule has 4 heteroatoms. The maximum Gasteiger partial charge on any atom is 0.124 e. The highest BCUT2D eigenvalue weighted by molar-refractivity contribution is 5.84. The highest BCUT2D eigenvalue weighted by atomic mass is 16.3. The molecule has 0 aliphatic heterocycles. The minimum Gasteiger partial charge on any atom is -0.507 e. The Balaban J connectivity index is 1.64. The maximum atomic E-state index is 10.1. The van der Waals surface area contributed by atoms with E-state index in [0.29, 0.717) is 11.8 Å². The Kier molecular flexibility index (Phi) is 6.73. The van der Waals surface area contributed by atoms with Gasteiger partial charge in [-0.3, -0.25) is 9.98 Å². The minimum absolute atomic E-state index is 0.217. The molecule has 29 heavy (non-hydrogen) atoms. The normalized spacial score (nSPS) is 19.9. The first-order chi connectivity index (χ1) is 13.8. The molecule has 2 N–H and O–H groups in total. The Hall–Kier alpha value is -2.62. The van der Waals surface area contributed by atoms with Crippen LogP contribution in [0.25, 0.3) is 0 Å². The average Bonchev–Trinajstić information content (AvgIpc) is 3.14. The summed E-state index contributed by atoms with van der Waals surface area (Å²) in [5, 5.41) is 20.2. The van der Waals surface area contributed by atoms with Crippen molar-refractivity contribution >= 4 is 12.4 Å². The summed E-state index contributed by atoms with van der Waals surface area (Å²) >= 11 is 0. The molecule has 3 rings (SSSR count). The van der Waals surface area contributed by atoms with E-state index in [1.807, 2.05) is 24.3 Å². The van der Waals surface area contributed by atoms with Gasteiger partial charge in [0.2, 0.25) is 0 Å². The van der Waals surface area contributed by atoms with E-state index in [-0.39, 0.29) is 23.6 Å². The molecular formula is C25H32N2O2. The third-order valence-corrected chi connectivity index (χ3v) is 5.66. The van der Waals surface area contributed by atoms with Crippen molar-refractivity contribution in [2.45, 2.75) is 70.9 Å². The van der Waals surface area contributed by atoms with E-state index < -0.39 is 0 Å². The number of nitrogens with zero attached hydrogens (tertiary/aromatic N) is 2. The van der Waals surface area contributed by atoms with Gasteiger partial charge in [-0.1, -0.05) is 39.8 Å². The van der Waals surface area contributed by atoms with Gasteiger partial charge in [-0.2, -0.15) is 0 Å². The molecule has 1 saturated carbocycles. The number of benzene rings is 2. The van der Waals surface area contributed by atoms with Crippen LogP contribution in [0.1, 0.15) is 81.0 Å². The van der Waals surface area contributed by atoms with Crippen LogP contribution in [0.2, 0.25) is 0 Å². The Morgan fingerprint density at radius 2 is 1.17 bits per heavy atom. The lowest BCUT2D eigenvalue weighted by Gasteiger charge is -2.09. The van der Waals surface area contributed by atoms with Crippen molar-refractivity contribution in [3.63, 3.8) is 0 Å². The molecule has 1 aliphatic rings. The van der Waals surface area contributed by atoms with E-state index in [1.54, 1.807) is 24.6 Å². The minimum atomic E-state index is 0.217. The molecule has 0 heterocycles. The van der Waals surface area contributed by atoms with E-state index >= 15 is 0 Å². The second-order valence-corrected chi connectivity index (χ2v) is 8.62. The van der Waals surface area contributed by atoms with E-state index in [9.17, 15) is 10.2 Å². The Morgan fingerprint density at radius 1 is 0.759 bits per heavy atom. The van der Waals surface area contributed by atoms with E-state index in [2.05, 4.69) is 27.7 Å². The van der Waals surface area contributed by atoms with Gasteiger partial charge in [0, 0.05) is 23.6 Å². The van der Waals surface area contributed by atoms with Crippen molar-refractivity contribution in [3.05, 3.63) is 58.7 Å². The fourth-order valence-corrected chi connectivity index (χ4v) is 3.65. The third-order valence-electron chi connectivity index (χ3n) is 5.66. The van der Waals surface area contributed by atoms with Gasteiger partial charge >= 0.3 is 0 Å². The van der Waals surface area contributed by atoms with Crippen LogP contribution in [0.5, 0.6) is 11.5 Å². The average molecular weight is 393 g/mol. The van der Waals surface area contributed by atoms with Gasteiger partial charge in [0.15, 0.2) is 0 Å². The Morgan fingerprint density at radius 3 is 1.55 bits per heavy atom. The summed E-state index contributed by atoms with van der Waals surface area (Å²) < 4.78 is 0. The number of aromatic hydroxyl groups is 2. The second kappa shape index (κ2) is 9.25. The van der Waals surface area contributed by atoms with Gasteiger partial charge in [0.1, 0.15) is 11.5 Å². The summed E-state index contributed by atoms with van der Waals surface area (Å²) in [4.78, 5) is 9.41. The fraction of sp³-hybridized carbons (Fsp3) is 0.440. The van der Waals surface area contributed by atoms with Crippen LogP contribution in [0, 0.1) is 0 Å². The van der Waals surface area contributed by atoms with Crippen molar-refractivity contribution < 1.29 is 10.2 Å². The molecule has 0 spiro atoms. The van der Waals surface area contributed by atoms with E-state index in [1.165, 1.54) is 11.1 Å². The molecule has 2 atom stereocenters. The molecule has 0 bridgehead atoms. The standard InChI is InChI=1S/C25H32N2O2/c1-16(2)18-5-9-24(28)20(11-18)14-26-22-7-8-23(13-22)27-15-21-12-19(17(3)4)6-10-25(21)29/h5-6,9-12,14-17,22-23,28-29H,7-8,13H2,1-4H3. The SMILES string of the molecule is CC(C)c1ccc(O)c(C=NC2CCC(N=Cc3cc(C(C)C)ccc3O)C2)c1. The quantitative estimate of drug-likeness (QED) is 0.610. The first-order valence-electron chi connectivity index (χ1n) is 10.6. The molecule has 0 amide bonds. The van der Waals surface area contributed by atoms with Gasteiger partial charge in [-0.15, -0.1) is 0 Å².